The van der Waals surface area contributed by atoms with Crippen molar-refractivity contribution >= 4 is 15.9 Å². The Balaban J connectivity index is 1.76. The van der Waals surface area contributed by atoms with E-state index in [0.29, 0.717) is 18.1 Å². The quantitative estimate of drug-likeness (QED) is 0.783. The van der Waals surface area contributed by atoms with E-state index in [0.717, 1.165) is 15.6 Å². The molecule has 3 aromatic rings. The van der Waals surface area contributed by atoms with Crippen molar-refractivity contribution in [2.75, 3.05) is 0 Å². The van der Waals surface area contributed by atoms with Gasteiger partial charge >= 0.3 is 0 Å². The van der Waals surface area contributed by atoms with E-state index in [9.17, 15) is 0 Å². The van der Waals surface area contributed by atoms with Gasteiger partial charge in [0, 0.05) is 10.0 Å². The van der Waals surface area contributed by atoms with Gasteiger partial charge in [-0.2, -0.15) is 4.98 Å². The fourth-order valence-corrected chi connectivity index (χ4v) is 2.32. The smallest absolute Gasteiger partial charge is 0.244 e. The van der Waals surface area contributed by atoms with E-state index in [1.807, 2.05) is 54.6 Å². The normalized spacial score (nSPS) is 12.3. The first-order valence-corrected chi connectivity index (χ1v) is 7.41. The van der Waals surface area contributed by atoms with Crippen LogP contribution in [0, 0.1) is 0 Å². The molecular weight excluding hydrogens is 330 g/mol. The fraction of sp³-hybridized carbons (Fsp3) is 0.125. The lowest BCUT2D eigenvalue weighted by Gasteiger charge is -2.05. The van der Waals surface area contributed by atoms with Gasteiger partial charge in [-0.25, -0.2) is 0 Å². The minimum atomic E-state index is -0.302. The monoisotopic (exact) mass is 343 g/mol. The number of benzene rings is 2. The zero-order valence-corrected chi connectivity index (χ0v) is 12.8. The number of hydrogen-bond acceptors (Lipinski definition) is 4. The maximum atomic E-state index is 6.14. The van der Waals surface area contributed by atoms with Crippen LogP contribution < -0.4 is 5.73 Å². The molecule has 1 aromatic heterocycles. The lowest BCUT2D eigenvalue weighted by molar-refractivity contribution is 0.354. The largest absolute Gasteiger partial charge is 0.337 e. The minimum absolute atomic E-state index is 0.302. The van der Waals surface area contributed by atoms with Crippen molar-refractivity contribution in [3.05, 3.63) is 70.5 Å². The fourth-order valence-electron chi connectivity index (χ4n) is 2.06. The van der Waals surface area contributed by atoms with Crippen molar-refractivity contribution in [3.63, 3.8) is 0 Å². The summed E-state index contributed by atoms with van der Waals surface area (Å²) in [5.74, 6) is 1.01. The molecule has 21 heavy (non-hydrogen) atoms. The van der Waals surface area contributed by atoms with Crippen LogP contribution in [0.5, 0.6) is 0 Å². The summed E-state index contributed by atoms with van der Waals surface area (Å²) in [5, 5.41) is 4.00. The Hall–Kier alpha value is -1.98. The van der Waals surface area contributed by atoms with Gasteiger partial charge in [0.05, 0.1) is 6.04 Å². The van der Waals surface area contributed by atoms with Crippen LogP contribution >= 0.6 is 15.9 Å². The summed E-state index contributed by atoms with van der Waals surface area (Å²) in [4.78, 5) is 4.39. The highest BCUT2D eigenvalue weighted by molar-refractivity contribution is 9.10. The van der Waals surface area contributed by atoms with E-state index in [4.69, 9.17) is 10.3 Å². The highest BCUT2D eigenvalue weighted by atomic mass is 79.9. The Kier molecular flexibility index (Phi) is 4.13. The lowest BCUT2D eigenvalue weighted by atomic mass is 10.1. The summed E-state index contributed by atoms with van der Waals surface area (Å²) in [7, 11) is 0. The SMILES string of the molecule is NC(Cc1ccccc1)c1nc(-c2ccc(Br)cc2)no1. The summed E-state index contributed by atoms with van der Waals surface area (Å²) in [6.45, 7) is 0. The molecule has 0 spiro atoms. The number of halogens is 1. The van der Waals surface area contributed by atoms with E-state index in [-0.39, 0.29) is 6.04 Å². The standard InChI is InChI=1S/C16H14BrN3O/c17-13-8-6-12(7-9-13)15-19-16(21-20-15)14(18)10-11-4-2-1-3-5-11/h1-9,14H,10,18H2. The second kappa shape index (κ2) is 6.20. The molecule has 1 heterocycles. The molecule has 0 saturated heterocycles. The van der Waals surface area contributed by atoms with Gasteiger partial charge in [0.15, 0.2) is 0 Å². The third kappa shape index (κ3) is 3.37. The first-order chi connectivity index (χ1) is 10.2. The summed E-state index contributed by atoms with van der Waals surface area (Å²) in [5.41, 5.74) is 8.19. The molecule has 0 aliphatic carbocycles. The molecule has 0 radical (unpaired) electrons. The predicted molar refractivity (Wildman–Crippen MR) is 84.5 cm³/mol. The van der Waals surface area contributed by atoms with Gasteiger partial charge in [-0.15, -0.1) is 0 Å². The van der Waals surface area contributed by atoms with E-state index < -0.39 is 0 Å². The second-order valence-corrected chi connectivity index (χ2v) is 5.68. The van der Waals surface area contributed by atoms with Gasteiger partial charge in [-0.05, 0) is 36.2 Å². The molecule has 1 unspecified atom stereocenters. The first kappa shape index (κ1) is 14.0. The van der Waals surface area contributed by atoms with Gasteiger partial charge in [0.1, 0.15) is 0 Å². The average molecular weight is 344 g/mol. The third-order valence-electron chi connectivity index (χ3n) is 3.16. The molecule has 106 valence electrons. The molecule has 0 aliphatic rings. The molecule has 2 aromatic carbocycles. The number of aromatic nitrogens is 2. The minimum Gasteiger partial charge on any atom is -0.337 e. The molecule has 0 amide bonds. The van der Waals surface area contributed by atoms with Gasteiger partial charge < -0.3 is 10.3 Å². The Morgan fingerprint density at radius 1 is 1.05 bits per heavy atom. The van der Waals surface area contributed by atoms with Crippen LogP contribution in [-0.2, 0) is 6.42 Å². The molecule has 5 heteroatoms. The van der Waals surface area contributed by atoms with Crippen molar-refractivity contribution < 1.29 is 4.52 Å². The number of nitrogens with zero attached hydrogens (tertiary/aromatic N) is 2. The molecule has 0 saturated carbocycles. The van der Waals surface area contributed by atoms with Crippen LogP contribution in [0.1, 0.15) is 17.5 Å². The van der Waals surface area contributed by atoms with E-state index in [1.54, 1.807) is 0 Å². The average Bonchev–Trinajstić information content (AvgIpc) is 2.99. The summed E-state index contributed by atoms with van der Waals surface area (Å²) < 4.78 is 6.30. The Bertz CT molecular complexity index is 710. The van der Waals surface area contributed by atoms with Crippen molar-refractivity contribution in [1.82, 2.24) is 10.1 Å². The zero-order chi connectivity index (χ0) is 14.7. The highest BCUT2D eigenvalue weighted by Gasteiger charge is 2.16. The van der Waals surface area contributed by atoms with Crippen molar-refractivity contribution in [2.24, 2.45) is 5.73 Å². The molecule has 2 N–H and O–H groups in total. The molecule has 3 rings (SSSR count). The number of hydrogen-bond donors (Lipinski definition) is 1. The Labute approximate surface area is 131 Å². The summed E-state index contributed by atoms with van der Waals surface area (Å²) in [6.07, 6.45) is 0.669. The van der Waals surface area contributed by atoms with E-state index in [1.165, 1.54) is 0 Å². The van der Waals surface area contributed by atoms with Gasteiger partial charge in [-0.3, -0.25) is 0 Å². The Morgan fingerprint density at radius 2 is 1.76 bits per heavy atom. The predicted octanol–water partition coefficient (Wildman–Crippen LogP) is 3.74. The zero-order valence-electron chi connectivity index (χ0n) is 11.2. The van der Waals surface area contributed by atoms with Crippen LogP contribution in [-0.4, -0.2) is 10.1 Å². The lowest BCUT2D eigenvalue weighted by Crippen LogP contribution is -2.13. The van der Waals surface area contributed by atoms with Crippen LogP contribution in [0.15, 0.2) is 63.6 Å². The van der Waals surface area contributed by atoms with Crippen molar-refractivity contribution in [3.8, 4) is 11.4 Å². The third-order valence-corrected chi connectivity index (χ3v) is 3.69. The van der Waals surface area contributed by atoms with Crippen molar-refractivity contribution in [1.29, 1.82) is 0 Å². The van der Waals surface area contributed by atoms with E-state index in [2.05, 4.69) is 26.1 Å². The molecule has 1 atom stereocenters. The molecule has 0 aliphatic heterocycles. The summed E-state index contributed by atoms with van der Waals surface area (Å²) >= 11 is 3.40. The maximum Gasteiger partial charge on any atom is 0.244 e. The van der Waals surface area contributed by atoms with Gasteiger partial charge in [0.25, 0.3) is 0 Å². The number of nitrogens with two attached hydrogens (primary N) is 1. The first-order valence-electron chi connectivity index (χ1n) is 6.61. The molecule has 0 bridgehead atoms. The molecule has 4 nitrogen and oxygen atoms in total. The maximum absolute atomic E-state index is 6.14. The second-order valence-electron chi connectivity index (χ2n) is 4.76. The number of rotatable bonds is 4. The highest BCUT2D eigenvalue weighted by Crippen LogP contribution is 2.21. The molecular formula is C16H14BrN3O. The van der Waals surface area contributed by atoms with Crippen molar-refractivity contribution in [2.45, 2.75) is 12.5 Å². The van der Waals surface area contributed by atoms with Crippen LogP contribution in [0.2, 0.25) is 0 Å². The summed E-state index contributed by atoms with van der Waals surface area (Å²) in [6, 6.07) is 17.5. The van der Waals surface area contributed by atoms with Gasteiger partial charge in [0.2, 0.25) is 11.7 Å². The van der Waals surface area contributed by atoms with Gasteiger partial charge in [-0.1, -0.05) is 51.4 Å². The van der Waals surface area contributed by atoms with Crippen LogP contribution in [0.3, 0.4) is 0 Å². The molecule has 0 fully saturated rings. The van der Waals surface area contributed by atoms with Crippen LogP contribution in [0.25, 0.3) is 11.4 Å². The van der Waals surface area contributed by atoms with E-state index >= 15 is 0 Å². The topological polar surface area (TPSA) is 64.9 Å². The van der Waals surface area contributed by atoms with Crippen LogP contribution in [0.4, 0.5) is 0 Å². The Morgan fingerprint density at radius 3 is 2.48 bits per heavy atom.